The lowest BCUT2D eigenvalue weighted by atomic mass is 10.1. The zero-order chi connectivity index (χ0) is 14.2. The van der Waals surface area contributed by atoms with Gasteiger partial charge in [0.1, 0.15) is 0 Å². The first-order valence-electron chi connectivity index (χ1n) is 7.02. The molecule has 4 aromatic rings. The molecule has 0 atom stereocenters. The van der Waals surface area contributed by atoms with E-state index in [4.69, 9.17) is 0 Å². The van der Waals surface area contributed by atoms with E-state index in [0.29, 0.717) is 0 Å². The molecule has 0 saturated carbocycles. The lowest BCUT2D eigenvalue weighted by Crippen LogP contribution is -1.92. The van der Waals surface area contributed by atoms with Crippen LogP contribution in [0.5, 0.6) is 0 Å². The summed E-state index contributed by atoms with van der Waals surface area (Å²) >= 11 is 2.42. The molecule has 2 heteroatoms. The third-order valence-corrected chi connectivity index (χ3v) is 4.79. The van der Waals surface area contributed by atoms with Gasteiger partial charge in [0.2, 0.25) is 0 Å². The van der Waals surface area contributed by atoms with Crippen LogP contribution in [0.15, 0.2) is 72.8 Å². The molecule has 21 heavy (non-hydrogen) atoms. The Hall–Kier alpha value is -1.81. The number of aromatic nitrogens is 1. The molecular formula is C19H14IN. The van der Waals surface area contributed by atoms with Crippen LogP contribution in [0.4, 0.5) is 0 Å². The lowest BCUT2D eigenvalue weighted by molar-refractivity contribution is 1.18. The standard InChI is InChI=1S/C19H14IN/c20-13-14-10-11-19-17(12-14)16-8-4-5-9-18(16)21(19)15-6-2-1-3-7-15/h1-12H,13H2. The number of alkyl halides is 1. The SMILES string of the molecule is ICc1ccc2c(c1)c1ccccc1n2-c1ccccc1. The van der Waals surface area contributed by atoms with Crippen LogP contribution in [0.2, 0.25) is 0 Å². The Morgan fingerprint density at radius 2 is 1.43 bits per heavy atom. The summed E-state index contributed by atoms with van der Waals surface area (Å²) in [5, 5.41) is 2.66. The fourth-order valence-electron chi connectivity index (χ4n) is 2.96. The molecule has 0 aliphatic heterocycles. The maximum Gasteiger partial charge on any atom is 0.0541 e. The topological polar surface area (TPSA) is 4.93 Å². The molecule has 1 heterocycles. The minimum absolute atomic E-state index is 1.04. The lowest BCUT2D eigenvalue weighted by Gasteiger charge is -2.07. The number of nitrogens with zero attached hydrogens (tertiary/aromatic N) is 1. The predicted octanol–water partition coefficient (Wildman–Crippen LogP) is 5.72. The van der Waals surface area contributed by atoms with Crippen LogP contribution in [0.25, 0.3) is 27.5 Å². The summed E-state index contributed by atoms with van der Waals surface area (Å²) in [6.45, 7) is 0. The average molecular weight is 383 g/mol. The normalized spacial score (nSPS) is 11.3. The molecule has 1 nitrogen and oxygen atoms in total. The summed E-state index contributed by atoms with van der Waals surface area (Å²) in [6.07, 6.45) is 0. The summed E-state index contributed by atoms with van der Waals surface area (Å²) < 4.78 is 3.39. The van der Waals surface area contributed by atoms with E-state index < -0.39 is 0 Å². The predicted molar refractivity (Wildman–Crippen MR) is 98.5 cm³/mol. The molecule has 1 aromatic heterocycles. The fraction of sp³-hybridized carbons (Fsp3) is 0.0526. The molecule has 0 spiro atoms. The van der Waals surface area contributed by atoms with Gasteiger partial charge >= 0.3 is 0 Å². The Labute approximate surface area is 137 Å². The highest BCUT2D eigenvalue weighted by atomic mass is 127. The van der Waals surface area contributed by atoms with E-state index in [1.807, 2.05) is 0 Å². The van der Waals surface area contributed by atoms with Crippen molar-refractivity contribution >= 4 is 44.4 Å². The summed E-state index contributed by atoms with van der Waals surface area (Å²) in [6, 6.07) is 26.0. The van der Waals surface area contributed by atoms with Gasteiger partial charge in [0, 0.05) is 20.9 Å². The largest absolute Gasteiger partial charge is 0.309 e. The quantitative estimate of drug-likeness (QED) is 0.308. The van der Waals surface area contributed by atoms with Gasteiger partial charge in [0.05, 0.1) is 11.0 Å². The molecule has 0 aliphatic carbocycles. The van der Waals surface area contributed by atoms with Crippen LogP contribution in [0.3, 0.4) is 0 Å². The Morgan fingerprint density at radius 1 is 0.714 bits per heavy atom. The molecule has 0 N–H and O–H groups in total. The van der Waals surface area contributed by atoms with Crippen LogP contribution in [0, 0.1) is 0 Å². The summed E-state index contributed by atoms with van der Waals surface area (Å²) in [5.74, 6) is 0. The van der Waals surface area contributed by atoms with E-state index in [1.54, 1.807) is 0 Å². The van der Waals surface area contributed by atoms with Gasteiger partial charge in [0.15, 0.2) is 0 Å². The van der Waals surface area contributed by atoms with Gasteiger partial charge in [-0.25, -0.2) is 0 Å². The van der Waals surface area contributed by atoms with Crippen molar-refractivity contribution in [3.63, 3.8) is 0 Å². The van der Waals surface area contributed by atoms with Crippen molar-refractivity contribution in [2.75, 3.05) is 0 Å². The number of para-hydroxylation sites is 2. The second-order valence-corrected chi connectivity index (χ2v) is 5.94. The maximum atomic E-state index is 2.42. The number of benzene rings is 3. The Kier molecular flexibility index (Phi) is 3.19. The zero-order valence-electron chi connectivity index (χ0n) is 11.5. The van der Waals surface area contributed by atoms with Crippen molar-refractivity contribution in [3.05, 3.63) is 78.4 Å². The van der Waals surface area contributed by atoms with E-state index >= 15 is 0 Å². The summed E-state index contributed by atoms with van der Waals surface area (Å²) in [4.78, 5) is 0. The van der Waals surface area contributed by atoms with Gasteiger partial charge in [0.25, 0.3) is 0 Å². The molecule has 102 valence electrons. The van der Waals surface area contributed by atoms with Gasteiger partial charge in [-0.1, -0.05) is 65.1 Å². The highest BCUT2D eigenvalue weighted by Crippen LogP contribution is 2.32. The van der Waals surface area contributed by atoms with E-state index in [1.165, 1.54) is 33.1 Å². The molecule has 0 radical (unpaired) electrons. The first kappa shape index (κ1) is 12.9. The molecule has 4 rings (SSSR count). The highest BCUT2D eigenvalue weighted by molar-refractivity contribution is 14.1. The monoisotopic (exact) mass is 383 g/mol. The van der Waals surface area contributed by atoms with Crippen molar-refractivity contribution in [1.29, 1.82) is 0 Å². The average Bonchev–Trinajstić information content (AvgIpc) is 2.89. The summed E-state index contributed by atoms with van der Waals surface area (Å²) in [5.41, 5.74) is 5.13. The molecular weight excluding hydrogens is 369 g/mol. The smallest absolute Gasteiger partial charge is 0.0541 e. The van der Waals surface area contributed by atoms with Crippen molar-refractivity contribution in [2.24, 2.45) is 0 Å². The molecule has 0 aliphatic rings. The second-order valence-electron chi connectivity index (χ2n) is 5.17. The molecule has 0 amide bonds. The molecule has 0 bridgehead atoms. The van der Waals surface area contributed by atoms with Gasteiger partial charge in [-0.15, -0.1) is 0 Å². The van der Waals surface area contributed by atoms with Gasteiger partial charge < -0.3 is 4.57 Å². The molecule has 0 unspecified atom stereocenters. The van der Waals surface area contributed by atoms with Crippen molar-refractivity contribution in [1.82, 2.24) is 4.57 Å². The van der Waals surface area contributed by atoms with Crippen LogP contribution < -0.4 is 0 Å². The van der Waals surface area contributed by atoms with E-state index in [9.17, 15) is 0 Å². The van der Waals surface area contributed by atoms with E-state index in [2.05, 4.69) is 100.0 Å². The highest BCUT2D eigenvalue weighted by Gasteiger charge is 2.11. The molecule has 0 fully saturated rings. The minimum Gasteiger partial charge on any atom is -0.309 e. The third kappa shape index (κ3) is 2.05. The van der Waals surface area contributed by atoms with E-state index in [0.717, 1.165) is 4.43 Å². The number of hydrogen-bond donors (Lipinski definition) is 0. The van der Waals surface area contributed by atoms with Gasteiger partial charge in [-0.2, -0.15) is 0 Å². The van der Waals surface area contributed by atoms with Crippen molar-refractivity contribution < 1.29 is 0 Å². The number of rotatable bonds is 2. The Bertz CT molecular complexity index is 922. The van der Waals surface area contributed by atoms with Crippen LogP contribution >= 0.6 is 22.6 Å². The number of halogens is 1. The van der Waals surface area contributed by atoms with Crippen molar-refractivity contribution in [2.45, 2.75) is 4.43 Å². The van der Waals surface area contributed by atoms with Crippen LogP contribution in [-0.2, 0) is 4.43 Å². The first-order valence-corrected chi connectivity index (χ1v) is 8.54. The van der Waals surface area contributed by atoms with Crippen molar-refractivity contribution in [3.8, 4) is 5.69 Å². The van der Waals surface area contributed by atoms with Gasteiger partial charge in [-0.3, -0.25) is 0 Å². The second kappa shape index (κ2) is 5.19. The first-order chi connectivity index (χ1) is 10.4. The van der Waals surface area contributed by atoms with Gasteiger partial charge in [-0.05, 0) is 35.9 Å². The minimum atomic E-state index is 1.04. The van der Waals surface area contributed by atoms with Crippen LogP contribution in [-0.4, -0.2) is 4.57 Å². The Balaban J connectivity index is 2.17. The zero-order valence-corrected chi connectivity index (χ0v) is 13.6. The van der Waals surface area contributed by atoms with Crippen LogP contribution in [0.1, 0.15) is 5.56 Å². The molecule has 0 saturated heterocycles. The van der Waals surface area contributed by atoms with E-state index in [-0.39, 0.29) is 0 Å². The summed E-state index contributed by atoms with van der Waals surface area (Å²) in [7, 11) is 0. The fourth-order valence-corrected chi connectivity index (χ4v) is 3.43. The number of fused-ring (bicyclic) bond motifs is 3. The third-order valence-electron chi connectivity index (χ3n) is 3.91. The molecule has 3 aromatic carbocycles. The number of hydrogen-bond acceptors (Lipinski definition) is 0. The maximum absolute atomic E-state index is 2.42. The Morgan fingerprint density at radius 3 is 2.24 bits per heavy atom.